The number of benzene rings is 1. The molecular weight excluding hydrogens is 278 g/mol. The second kappa shape index (κ2) is 5.25. The smallest absolute Gasteiger partial charge is 0.390 e. The molecule has 20 heavy (non-hydrogen) atoms. The van der Waals surface area contributed by atoms with Crippen molar-refractivity contribution in [3.63, 3.8) is 0 Å². The van der Waals surface area contributed by atoms with E-state index in [1.165, 1.54) is 23.5 Å². The summed E-state index contributed by atoms with van der Waals surface area (Å²) in [6.45, 7) is 0. The highest BCUT2D eigenvalue weighted by Gasteiger charge is 2.15. The number of fused-ring (bicyclic) bond motifs is 1. The summed E-state index contributed by atoms with van der Waals surface area (Å²) in [5.41, 5.74) is 2.07. The lowest BCUT2D eigenvalue weighted by molar-refractivity contribution is -0.394. The van der Waals surface area contributed by atoms with Crippen LogP contribution in [0, 0.1) is 10.1 Å². The summed E-state index contributed by atoms with van der Waals surface area (Å²) in [6, 6.07) is 9.97. The van der Waals surface area contributed by atoms with E-state index in [1.54, 1.807) is 0 Å². The standard InChI is InChI=1S/C12H9N5O2S/c18-17(19)11-13-6-9-10(15-11)16-12(14-9)20-7-8-4-2-1-3-5-8/h1-6H,7H2,(H,13,14,15,16). The number of nitrogens with zero attached hydrogens (tertiary/aromatic N) is 4. The average Bonchev–Trinajstić information content (AvgIpc) is 2.88. The van der Waals surface area contributed by atoms with Gasteiger partial charge in [-0.1, -0.05) is 47.1 Å². The molecule has 3 rings (SSSR count). The molecule has 0 radical (unpaired) electrons. The van der Waals surface area contributed by atoms with E-state index < -0.39 is 10.9 Å². The molecule has 2 heterocycles. The van der Waals surface area contributed by atoms with Crippen molar-refractivity contribution in [2.75, 3.05) is 0 Å². The van der Waals surface area contributed by atoms with Crippen molar-refractivity contribution in [1.29, 1.82) is 0 Å². The molecule has 0 saturated heterocycles. The molecule has 1 N–H and O–H groups in total. The van der Waals surface area contributed by atoms with Crippen molar-refractivity contribution in [3.05, 3.63) is 52.2 Å². The fourth-order valence-corrected chi connectivity index (χ4v) is 2.49. The number of hydrogen-bond acceptors (Lipinski definition) is 6. The topological polar surface area (TPSA) is 97.6 Å². The van der Waals surface area contributed by atoms with Gasteiger partial charge in [-0.2, -0.15) is 4.98 Å². The van der Waals surface area contributed by atoms with Gasteiger partial charge < -0.3 is 15.1 Å². The van der Waals surface area contributed by atoms with Gasteiger partial charge in [0.15, 0.2) is 5.16 Å². The van der Waals surface area contributed by atoms with Crippen LogP contribution in [0.1, 0.15) is 5.56 Å². The monoisotopic (exact) mass is 287 g/mol. The first kappa shape index (κ1) is 12.5. The van der Waals surface area contributed by atoms with E-state index in [0.29, 0.717) is 16.3 Å². The molecule has 0 amide bonds. The lowest BCUT2D eigenvalue weighted by atomic mass is 10.2. The zero-order valence-corrected chi connectivity index (χ0v) is 11.0. The maximum atomic E-state index is 10.6. The molecule has 1 aromatic carbocycles. The summed E-state index contributed by atoms with van der Waals surface area (Å²) >= 11 is 1.51. The molecule has 0 bridgehead atoms. The number of H-pyrrole nitrogens is 1. The van der Waals surface area contributed by atoms with Gasteiger partial charge in [0, 0.05) is 5.75 Å². The van der Waals surface area contributed by atoms with Gasteiger partial charge >= 0.3 is 5.95 Å². The lowest BCUT2D eigenvalue weighted by Crippen LogP contribution is -1.95. The Morgan fingerprint density at radius 2 is 2.05 bits per heavy atom. The number of nitro groups is 1. The molecule has 2 aromatic heterocycles. The van der Waals surface area contributed by atoms with Crippen LogP contribution in [0.3, 0.4) is 0 Å². The van der Waals surface area contributed by atoms with E-state index in [2.05, 4.69) is 19.9 Å². The number of imidazole rings is 1. The highest BCUT2D eigenvalue weighted by Crippen LogP contribution is 2.22. The first-order chi connectivity index (χ1) is 9.72. The number of aromatic nitrogens is 4. The van der Waals surface area contributed by atoms with E-state index in [-0.39, 0.29) is 0 Å². The van der Waals surface area contributed by atoms with Gasteiger partial charge in [-0.3, -0.25) is 0 Å². The van der Waals surface area contributed by atoms with Crippen molar-refractivity contribution >= 4 is 28.9 Å². The molecule has 0 aliphatic carbocycles. The van der Waals surface area contributed by atoms with E-state index >= 15 is 0 Å². The number of hydrogen-bond donors (Lipinski definition) is 1. The van der Waals surface area contributed by atoms with Crippen LogP contribution in [0.5, 0.6) is 0 Å². The SMILES string of the molecule is O=[N+]([O-])c1ncc2[nH]c(SCc3ccccc3)nc2n1. The van der Waals surface area contributed by atoms with Crippen LogP contribution in [0.2, 0.25) is 0 Å². The van der Waals surface area contributed by atoms with Crippen LogP contribution < -0.4 is 0 Å². The summed E-state index contributed by atoms with van der Waals surface area (Å²) in [4.78, 5) is 24.7. The van der Waals surface area contributed by atoms with Crippen LogP contribution in [0.4, 0.5) is 5.95 Å². The molecule has 3 aromatic rings. The molecule has 0 spiro atoms. The summed E-state index contributed by atoms with van der Waals surface area (Å²) in [6.07, 6.45) is 1.38. The third kappa shape index (κ3) is 2.59. The van der Waals surface area contributed by atoms with Gasteiger partial charge in [0.05, 0.1) is 0 Å². The van der Waals surface area contributed by atoms with Crippen molar-refractivity contribution in [3.8, 4) is 0 Å². The maximum Gasteiger partial charge on any atom is 0.470 e. The van der Waals surface area contributed by atoms with Gasteiger partial charge in [-0.25, -0.2) is 0 Å². The van der Waals surface area contributed by atoms with Crippen LogP contribution in [0.15, 0.2) is 41.7 Å². The summed E-state index contributed by atoms with van der Waals surface area (Å²) in [7, 11) is 0. The van der Waals surface area contributed by atoms with Gasteiger partial charge in [-0.05, 0) is 15.5 Å². The largest absolute Gasteiger partial charge is 0.470 e. The second-order valence-electron chi connectivity index (χ2n) is 3.98. The predicted octanol–water partition coefficient (Wildman–Crippen LogP) is 2.55. The maximum absolute atomic E-state index is 10.6. The molecule has 8 heteroatoms. The minimum absolute atomic E-state index is 0.308. The predicted molar refractivity (Wildman–Crippen MR) is 74.3 cm³/mol. The van der Waals surface area contributed by atoms with Gasteiger partial charge in [0.2, 0.25) is 0 Å². The van der Waals surface area contributed by atoms with E-state index in [0.717, 1.165) is 5.75 Å². The van der Waals surface area contributed by atoms with Gasteiger partial charge in [0.25, 0.3) is 5.65 Å². The van der Waals surface area contributed by atoms with Crippen molar-refractivity contribution < 1.29 is 4.92 Å². The lowest BCUT2D eigenvalue weighted by Gasteiger charge is -1.97. The minimum atomic E-state index is -0.634. The Morgan fingerprint density at radius 3 is 2.80 bits per heavy atom. The molecule has 0 aliphatic rings. The molecule has 0 unspecified atom stereocenters. The first-order valence-electron chi connectivity index (χ1n) is 5.76. The first-order valence-corrected chi connectivity index (χ1v) is 6.75. The molecule has 7 nitrogen and oxygen atoms in total. The Balaban J connectivity index is 1.80. The molecule has 0 atom stereocenters. The summed E-state index contributed by atoms with van der Waals surface area (Å²) < 4.78 is 0. The molecular formula is C12H9N5O2S. The molecule has 0 aliphatic heterocycles. The summed E-state index contributed by atoms with van der Waals surface area (Å²) in [5, 5.41) is 11.3. The number of aromatic amines is 1. The molecule has 100 valence electrons. The van der Waals surface area contributed by atoms with Gasteiger partial charge in [0.1, 0.15) is 11.7 Å². The van der Waals surface area contributed by atoms with E-state index in [4.69, 9.17) is 0 Å². The minimum Gasteiger partial charge on any atom is -0.390 e. The Bertz CT molecular complexity index is 759. The van der Waals surface area contributed by atoms with Crippen molar-refractivity contribution in [2.45, 2.75) is 10.9 Å². The second-order valence-corrected chi connectivity index (χ2v) is 4.94. The number of thioether (sulfide) groups is 1. The number of rotatable bonds is 4. The van der Waals surface area contributed by atoms with E-state index in [1.807, 2.05) is 30.3 Å². The third-order valence-electron chi connectivity index (χ3n) is 2.59. The third-order valence-corrected chi connectivity index (χ3v) is 3.53. The van der Waals surface area contributed by atoms with Crippen molar-refractivity contribution in [2.24, 2.45) is 0 Å². The van der Waals surface area contributed by atoms with Crippen LogP contribution in [-0.4, -0.2) is 24.9 Å². The van der Waals surface area contributed by atoms with Crippen LogP contribution in [0.25, 0.3) is 11.2 Å². The summed E-state index contributed by atoms with van der Waals surface area (Å²) in [5.74, 6) is 0.319. The zero-order valence-electron chi connectivity index (χ0n) is 10.2. The van der Waals surface area contributed by atoms with E-state index in [9.17, 15) is 10.1 Å². The Hall–Kier alpha value is -2.48. The fourth-order valence-electron chi connectivity index (χ4n) is 1.66. The normalized spacial score (nSPS) is 10.8. The highest BCUT2D eigenvalue weighted by molar-refractivity contribution is 7.98. The van der Waals surface area contributed by atoms with Crippen molar-refractivity contribution in [1.82, 2.24) is 19.9 Å². The highest BCUT2D eigenvalue weighted by atomic mass is 32.2. The Labute approximate surface area is 117 Å². The number of nitrogens with one attached hydrogen (secondary N) is 1. The quantitative estimate of drug-likeness (QED) is 0.450. The van der Waals surface area contributed by atoms with Crippen LogP contribution in [-0.2, 0) is 5.75 Å². The Kier molecular flexibility index (Phi) is 3.30. The average molecular weight is 287 g/mol. The zero-order chi connectivity index (χ0) is 13.9. The molecule has 0 fully saturated rings. The Morgan fingerprint density at radius 1 is 1.25 bits per heavy atom. The molecule has 0 saturated carbocycles. The van der Waals surface area contributed by atoms with Crippen LogP contribution >= 0.6 is 11.8 Å². The van der Waals surface area contributed by atoms with Gasteiger partial charge in [-0.15, -0.1) is 0 Å². The fraction of sp³-hybridized carbons (Fsp3) is 0.0833.